The zero-order chi connectivity index (χ0) is 11.9. The molecule has 1 unspecified atom stereocenters. The second-order valence-electron chi connectivity index (χ2n) is 4.10. The van der Waals surface area contributed by atoms with E-state index >= 15 is 0 Å². The van der Waals surface area contributed by atoms with Gasteiger partial charge in [0, 0.05) is 6.54 Å². The zero-order valence-corrected chi connectivity index (χ0v) is 10.0. The van der Waals surface area contributed by atoms with Crippen LogP contribution < -0.4 is 5.73 Å². The Balaban J connectivity index is 4.54. The van der Waals surface area contributed by atoms with Gasteiger partial charge in [0.15, 0.2) is 0 Å². The van der Waals surface area contributed by atoms with Gasteiger partial charge in [-0.3, -0.25) is 4.79 Å². The lowest BCUT2D eigenvalue weighted by Gasteiger charge is -2.30. The van der Waals surface area contributed by atoms with Crippen molar-refractivity contribution in [2.75, 3.05) is 13.1 Å². The van der Waals surface area contributed by atoms with E-state index in [4.69, 9.17) is 12.2 Å². The normalized spacial score (nSPS) is 14.1. The second kappa shape index (κ2) is 6.47. The SMILES string of the molecule is C#CCN(CCC)C(=O)C(C)(N)CCC. The topological polar surface area (TPSA) is 46.3 Å². The van der Waals surface area contributed by atoms with E-state index in [1.165, 1.54) is 0 Å². The van der Waals surface area contributed by atoms with E-state index in [1.54, 1.807) is 11.8 Å². The smallest absolute Gasteiger partial charge is 0.243 e. The largest absolute Gasteiger partial charge is 0.330 e. The number of carbonyl (C=O) groups is 1. The molecule has 1 atom stereocenters. The summed E-state index contributed by atoms with van der Waals surface area (Å²) in [5, 5.41) is 0. The van der Waals surface area contributed by atoms with Crippen LogP contribution in [-0.2, 0) is 4.79 Å². The summed E-state index contributed by atoms with van der Waals surface area (Å²) < 4.78 is 0. The molecule has 0 rings (SSSR count). The van der Waals surface area contributed by atoms with Crippen molar-refractivity contribution in [2.24, 2.45) is 5.73 Å². The van der Waals surface area contributed by atoms with E-state index in [0.29, 0.717) is 19.5 Å². The third kappa shape index (κ3) is 4.35. The van der Waals surface area contributed by atoms with Crippen molar-refractivity contribution in [1.82, 2.24) is 4.90 Å². The molecule has 0 saturated carbocycles. The molecular formula is C12H22N2O. The molecule has 15 heavy (non-hydrogen) atoms. The maximum Gasteiger partial charge on any atom is 0.243 e. The highest BCUT2D eigenvalue weighted by atomic mass is 16.2. The lowest BCUT2D eigenvalue weighted by atomic mass is 9.95. The summed E-state index contributed by atoms with van der Waals surface area (Å²) in [6.07, 6.45) is 7.72. The van der Waals surface area contributed by atoms with E-state index in [0.717, 1.165) is 12.8 Å². The van der Waals surface area contributed by atoms with Crippen molar-refractivity contribution in [1.29, 1.82) is 0 Å². The standard InChI is InChI=1S/C12H22N2O/c1-5-8-12(4,13)11(15)14(9-6-2)10-7-3/h2H,5,7-10,13H2,1,3-4H3. The predicted molar refractivity (Wildman–Crippen MR) is 63.2 cm³/mol. The molecule has 2 N–H and O–H groups in total. The first kappa shape index (κ1) is 14.0. The molecule has 0 bridgehead atoms. The summed E-state index contributed by atoms with van der Waals surface area (Å²) in [6, 6.07) is 0. The zero-order valence-electron chi connectivity index (χ0n) is 10.0. The van der Waals surface area contributed by atoms with Gasteiger partial charge in [0.05, 0.1) is 12.1 Å². The Kier molecular flexibility index (Phi) is 6.03. The average molecular weight is 210 g/mol. The Morgan fingerprint density at radius 2 is 2.07 bits per heavy atom. The van der Waals surface area contributed by atoms with Crippen molar-refractivity contribution in [3.05, 3.63) is 0 Å². The molecule has 0 heterocycles. The van der Waals surface area contributed by atoms with Gasteiger partial charge in [0.25, 0.3) is 0 Å². The van der Waals surface area contributed by atoms with Gasteiger partial charge in [-0.1, -0.05) is 26.2 Å². The van der Waals surface area contributed by atoms with E-state index in [9.17, 15) is 4.79 Å². The molecule has 1 amide bonds. The summed E-state index contributed by atoms with van der Waals surface area (Å²) in [6.45, 7) is 6.84. The van der Waals surface area contributed by atoms with Crippen molar-refractivity contribution in [3.63, 3.8) is 0 Å². The number of hydrogen-bond donors (Lipinski definition) is 1. The number of amides is 1. The fourth-order valence-corrected chi connectivity index (χ4v) is 1.62. The van der Waals surface area contributed by atoms with E-state index in [2.05, 4.69) is 5.92 Å². The van der Waals surface area contributed by atoms with Gasteiger partial charge in [-0.15, -0.1) is 6.42 Å². The fourth-order valence-electron chi connectivity index (χ4n) is 1.62. The molecule has 0 radical (unpaired) electrons. The molecule has 0 aliphatic carbocycles. The van der Waals surface area contributed by atoms with Crippen molar-refractivity contribution >= 4 is 5.91 Å². The predicted octanol–water partition coefficient (Wildman–Crippen LogP) is 1.38. The van der Waals surface area contributed by atoms with Crippen LogP contribution in [0.25, 0.3) is 0 Å². The molecule has 0 fully saturated rings. The van der Waals surface area contributed by atoms with Gasteiger partial charge < -0.3 is 10.6 Å². The first-order valence-corrected chi connectivity index (χ1v) is 5.51. The highest BCUT2D eigenvalue weighted by Crippen LogP contribution is 2.12. The van der Waals surface area contributed by atoms with Crippen LogP contribution in [0.2, 0.25) is 0 Å². The Hall–Kier alpha value is -1.01. The lowest BCUT2D eigenvalue weighted by Crippen LogP contribution is -2.53. The van der Waals surface area contributed by atoms with E-state index in [-0.39, 0.29) is 5.91 Å². The Labute approximate surface area is 93.0 Å². The summed E-state index contributed by atoms with van der Waals surface area (Å²) in [7, 11) is 0. The molecule has 3 nitrogen and oxygen atoms in total. The van der Waals surface area contributed by atoms with Gasteiger partial charge in [-0.05, 0) is 19.8 Å². The maximum absolute atomic E-state index is 12.0. The first-order valence-electron chi connectivity index (χ1n) is 5.51. The number of nitrogens with zero attached hydrogens (tertiary/aromatic N) is 1. The first-order chi connectivity index (χ1) is 6.99. The molecule has 86 valence electrons. The molecule has 0 aliphatic rings. The minimum absolute atomic E-state index is 0.0378. The van der Waals surface area contributed by atoms with Gasteiger partial charge >= 0.3 is 0 Å². The molecule has 3 heteroatoms. The minimum atomic E-state index is -0.777. The minimum Gasteiger partial charge on any atom is -0.330 e. The van der Waals surface area contributed by atoms with Crippen molar-refractivity contribution < 1.29 is 4.79 Å². The van der Waals surface area contributed by atoms with Crippen LogP contribution in [0.5, 0.6) is 0 Å². The van der Waals surface area contributed by atoms with Crippen LogP contribution >= 0.6 is 0 Å². The van der Waals surface area contributed by atoms with Crippen LogP contribution in [0.15, 0.2) is 0 Å². The summed E-state index contributed by atoms with van der Waals surface area (Å²) in [5.74, 6) is 2.46. The van der Waals surface area contributed by atoms with Gasteiger partial charge in [0.2, 0.25) is 5.91 Å². The third-order valence-electron chi connectivity index (χ3n) is 2.32. The number of terminal acetylenes is 1. The summed E-state index contributed by atoms with van der Waals surface area (Å²) >= 11 is 0. The quantitative estimate of drug-likeness (QED) is 0.673. The number of rotatable bonds is 6. The molecule has 0 aromatic rings. The second-order valence-corrected chi connectivity index (χ2v) is 4.10. The Morgan fingerprint density at radius 1 is 1.47 bits per heavy atom. The van der Waals surface area contributed by atoms with E-state index < -0.39 is 5.54 Å². The molecule has 0 spiro atoms. The number of hydrogen-bond acceptors (Lipinski definition) is 2. The van der Waals surface area contributed by atoms with E-state index in [1.807, 2.05) is 13.8 Å². The fraction of sp³-hybridized carbons (Fsp3) is 0.750. The molecular weight excluding hydrogens is 188 g/mol. The Morgan fingerprint density at radius 3 is 2.47 bits per heavy atom. The molecule has 0 saturated heterocycles. The van der Waals surface area contributed by atoms with Crippen molar-refractivity contribution in [2.45, 2.75) is 45.6 Å². The molecule has 0 aromatic heterocycles. The maximum atomic E-state index is 12.0. The summed E-state index contributed by atoms with van der Waals surface area (Å²) in [4.78, 5) is 13.7. The van der Waals surface area contributed by atoms with Crippen LogP contribution in [0.3, 0.4) is 0 Å². The highest BCUT2D eigenvalue weighted by molar-refractivity contribution is 5.85. The van der Waals surface area contributed by atoms with Crippen LogP contribution in [0.4, 0.5) is 0 Å². The lowest BCUT2D eigenvalue weighted by molar-refractivity contribution is -0.136. The van der Waals surface area contributed by atoms with Gasteiger partial charge in [0.1, 0.15) is 0 Å². The molecule has 0 aliphatic heterocycles. The van der Waals surface area contributed by atoms with Crippen LogP contribution in [0, 0.1) is 12.3 Å². The monoisotopic (exact) mass is 210 g/mol. The van der Waals surface area contributed by atoms with Gasteiger partial charge in [-0.2, -0.15) is 0 Å². The summed E-state index contributed by atoms with van der Waals surface area (Å²) in [5.41, 5.74) is 5.20. The highest BCUT2D eigenvalue weighted by Gasteiger charge is 2.30. The molecule has 0 aromatic carbocycles. The number of nitrogens with two attached hydrogens (primary N) is 1. The average Bonchev–Trinajstić information content (AvgIpc) is 2.16. The van der Waals surface area contributed by atoms with Crippen LogP contribution in [0.1, 0.15) is 40.0 Å². The Bertz CT molecular complexity index is 240. The number of carbonyl (C=O) groups excluding carboxylic acids is 1. The van der Waals surface area contributed by atoms with Crippen molar-refractivity contribution in [3.8, 4) is 12.3 Å². The van der Waals surface area contributed by atoms with Crippen LogP contribution in [-0.4, -0.2) is 29.4 Å². The van der Waals surface area contributed by atoms with Gasteiger partial charge in [-0.25, -0.2) is 0 Å². The third-order valence-corrected chi connectivity index (χ3v) is 2.32.